The molecule has 0 amide bonds. The lowest BCUT2D eigenvalue weighted by molar-refractivity contribution is -0.139. The van der Waals surface area contributed by atoms with E-state index < -0.39 is 39.3 Å². The van der Waals surface area contributed by atoms with E-state index in [1.54, 1.807) is 24.4 Å². The van der Waals surface area contributed by atoms with Crippen LogP contribution >= 0.6 is 0 Å². The zero-order valence-corrected chi connectivity index (χ0v) is 15.4. The third kappa shape index (κ3) is 3.14. The first-order valence-corrected chi connectivity index (χ1v) is 9.52. The molecule has 1 aromatic carbocycles. The van der Waals surface area contributed by atoms with Gasteiger partial charge >= 0.3 is 6.18 Å². The number of hydrogen-bond acceptors (Lipinski definition) is 4. The van der Waals surface area contributed by atoms with Crippen LogP contribution in [0.5, 0.6) is 5.88 Å². The van der Waals surface area contributed by atoms with Crippen LogP contribution in [0.25, 0.3) is 21.8 Å². The summed E-state index contributed by atoms with van der Waals surface area (Å²) in [4.78, 5) is 8.95. The van der Waals surface area contributed by atoms with Crippen LogP contribution in [0.4, 0.5) is 23.4 Å². The molecule has 0 spiro atoms. The van der Waals surface area contributed by atoms with Crippen molar-refractivity contribution in [1.82, 2.24) is 15.0 Å². The zero-order valence-electron chi connectivity index (χ0n) is 14.6. The Morgan fingerprint density at radius 3 is 2.59 bits per heavy atom. The van der Waals surface area contributed by atoms with Crippen molar-refractivity contribution in [3.63, 3.8) is 0 Å². The monoisotopic (exact) mass is 428 g/mol. The third-order valence-electron chi connectivity index (χ3n) is 4.30. The van der Waals surface area contributed by atoms with E-state index in [0.29, 0.717) is 16.4 Å². The number of H-pyrrole nitrogens is 2. The predicted molar refractivity (Wildman–Crippen MR) is 96.7 cm³/mol. The van der Waals surface area contributed by atoms with Gasteiger partial charge in [-0.1, -0.05) is 12.1 Å². The van der Waals surface area contributed by atoms with Crippen molar-refractivity contribution in [3.05, 3.63) is 48.0 Å². The van der Waals surface area contributed by atoms with Gasteiger partial charge in [-0.25, -0.2) is 12.8 Å². The summed E-state index contributed by atoms with van der Waals surface area (Å²) in [5.74, 6) is -3.36. The van der Waals surface area contributed by atoms with Crippen molar-refractivity contribution < 1.29 is 30.7 Å². The molecule has 0 bridgehead atoms. The summed E-state index contributed by atoms with van der Waals surface area (Å²) in [7, 11) is -3.47. The number of methoxy groups -OCH3 is 1. The van der Waals surface area contributed by atoms with Crippen LogP contribution in [0.15, 0.2) is 41.6 Å². The molecule has 3 aromatic heterocycles. The minimum atomic E-state index is -4.92. The third-order valence-corrected chi connectivity index (χ3v) is 5.68. The van der Waals surface area contributed by atoms with Gasteiger partial charge in [0.05, 0.1) is 18.1 Å². The van der Waals surface area contributed by atoms with Crippen LogP contribution in [0, 0.1) is 5.82 Å². The average Bonchev–Trinajstić information content (AvgIpc) is 3.28. The first-order valence-electron chi connectivity index (χ1n) is 8.03. The number of alkyl halides is 3. The number of sulfonamides is 1. The lowest BCUT2D eigenvalue weighted by Crippen LogP contribution is -2.17. The molecule has 7 nitrogen and oxygen atoms in total. The quantitative estimate of drug-likeness (QED) is 0.428. The summed E-state index contributed by atoms with van der Waals surface area (Å²) in [6.45, 7) is 0. The highest BCUT2D eigenvalue weighted by atomic mass is 32.2. The average molecular weight is 428 g/mol. The number of aromatic amines is 2. The summed E-state index contributed by atoms with van der Waals surface area (Å²) in [6, 6.07) is 5.19. The smallest absolute Gasteiger partial charge is 0.421 e. The van der Waals surface area contributed by atoms with E-state index in [2.05, 4.69) is 19.7 Å². The second-order valence-electron chi connectivity index (χ2n) is 6.06. The Morgan fingerprint density at radius 2 is 1.90 bits per heavy atom. The summed E-state index contributed by atoms with van der Waals surface area (Å²) in [5, 5.41) is 1.16. The van der Waals surface area contributed by atoms with E-state index in [1.165, 1.54) is 6.20 Å². The number of rotatable bonds is 4. The largest absolute Gasteiger partial charge is 0.481 e. The Morgan fingerprint density at radius 1 is 1.14 bits per heavy atom. The van der Waals surface area contributed by atoms with Crippen LogP contribution in [0.2, 0.25) is 0 Å². The molecule has 0 radical (unpaired) electrons. The van der Waals surface area contributed by atoms with Crippen LogP contribution in [-0.4, -0.2) is 30.5 Å². The molecule has 0 aliphatic rings. The van der Waals surface area contributed by atoms with Crippen molar-refractivity contribution >= 4 is 37.6 Å². The number of fused-ring (bicyclic) bond motifs is 3. The van der Waals surface area contributed by atoms with E-state index in [0.717, 1.165) is 12.5 Å². The Kier molecular flexibility index (Phi) is 4.19. The highest BCUT2D eigenvalue weighted by Crippen LogP contribution is 2.37. The Balaban J connectivity index is 1.79. The van der Waals surface area contributed by atoms with Gasteiger partial charge in [-0.15, -0.1) is 0 Å². The fourth-order valence-corrected chi connectivity index (χ4v) is 4.19. The lowest BCUT2D eigenvalue weighted by atomic mass is 10.2. The fourth-order valence-electron chi connectivity index (χ4n) is 3.01. The van der Waals surface area contributed by atoms with Gasteiger partial charge < -0.3 is 14.7 Å². The number of aromatic nitrogens is 3. The summed E-state index contributed by atoms with van der Waals surface area (Å²) in [6.07, 6.45) is -2.04. The van der Waals surface area contributed by atoms with Crippen LogP contribution in [0.1, 0.15) is 5.56 Å². The van der Waals surface area contributed by atoms with E-state index >= 15 is 0 Å². The van der Waals surface area contributed by atoms with Gasteiger partial charge in [-0.3, -0.25) is 4.72 Å². The zero-order chi connectivity index (χ0) is 21.0. The van der Waals surface area contributed by atoms with Gasteiger partial charge in [0.25, 0.3) is 10.0 Å². The number of hydrogen-bond donors (Lipinski definition) is 3. The fraction of sp³-hybridized carbons (Fsp3) is 0.118. The first-order chi connectivity index (χ1) is 13.6. The van der Waals surface area contributed by atoms with E-state index in [4.69, 9.17) is 0 Å². The molecule has 0 saturated carbocycles. The van der Waals surface area contributed by atoms with Crippen LogP contribution < -0.4 is 9.46 Å². The molecule has 0 unspecified atom stereocenters. The van der Waals surface area contributed by atoms with Crippen LogP contribution in [0.3, 0.4) is 0 Å². The minimum Gasteiger partial charge on any atom is -0.481 e. The highest BCUT2D eigenvalue weighted by molar-refractivity contribution is 7.93. The second kappa shape index (κ2) is 6.37. The lowest BCUT2D eigenvalue weighted by Gasteiger charge is -2.14. The topological polar surface area (TPSA) is 99.9 Å². The van der Waals surface area contributed by atoms with Gasteiger partial charge in [0.2, 0.25) is 5.88 Å². The standard InChI is InChI=1S/C17H12F4N4O3S/c1-28-16-10(17(19,20)21)6-11(18)15(24-16)25-29(26,27)12-7-23-14-9(12)3-2-8-4-5-22-13(8)14/h2-7,22-23H,1H3,(H,24,25). The Hall–Kier alpha value is -3.28. The maximum Gasteiger partial charge on any atom is 0.421 e. The second-order valence-corrected chi connectivity index (χ2v) is 7.71. The molecule has 29 heavy (non-hydrogen) atoms. The van der Waals surface area contributed by atoms with E-state index in [-0.39, 0.29) is 11.0 Å². The molecule has 0 aliphatic heterocycles. The minimum absolute atomic E-state index is 0.126. The molecular formula is C17H12F4N4O3S. The van der Waals surface area contributed by atoms with Crippen molar-refractivity contribution in [2.75, 3.05) is 11.8 Å². The van der Waals surface area contributed by atoms with Gasteiger partial charge in [-0.2, -0.15) is 18.2 Å². The number of benzene rings is 1. The molecular weight excluding hydrogens is 416 g/mol. The van der Waals surface area contributed by atoms with Gasteiger partial charge in [0, 0.05) is 23.2 Å². The molecule has 4 rings (SSSR count). The number of pyridine rings is 1. The number of anilines is 1. The van der Waals surface area contributed by atoms with Crippen LogP contribution in [-0.2, 0) is 16.2 Å². The van der Waals surface area contributed by atoms with Crippen molar-refractivity contribution in [2.24, 2.45) is 0 Å². The number of nitrogens with one attached hydrogen (secondary N) is 3. The molecule has 152 valence electrons. The Labute approximate surface area is 160 Å². The Bertz CT molecular complexity index is 1340. The molecule has 3 N–H and O–H groups in total. The molecule has 3 heterocycles. The molecule has 4 aromatic rings. The SMILES string of the molecule is COc1nc(NS(=O)(=O)c2c[nH]c3c2ccc2cc[nH]c23)c(F)cc1C(F)(F)F. The number of halogens is 4. The molecule has 0 atom stereocenters. The van der Waals surface area contributed by atoms with Crippen molar-refractivity contribution in [1.29, 1.82) is 0 Å². The first kappa shape index (κ1) is 19.1. The van der Waals surface area contributed by atoms with E-state index in [9.17, 15) is 26.0 Å². The number of nitrogens with zero attached hydrogens (tertiary/aromatic N) is 1. The summed E-state index contributed by atoms with van der Waals surface area (Å²) in [5.41, 5.74) is -0.280. The van der Waals surface area contributed by atoms with Gasteiger partial charge in [0.1, 0.15) is 10.5 Å². The van der Waals surface area contributed by atoms with Crippen molar-refractivity contribution in [3.8, 4) is 5.88 Å². The number of ether oxygens (including phenoxy) is 1. The van der Waals surface area contributed by atoms with Gasteiger partial charge in [0.15, 0.2) is 11.6 Å². The predicted octanol–water partition coefficient (Wildman–Crippen LogP) is 4.01. The van der Waals surface area contributed by atoms with Gasteiger partial charge in [-0.05, 0) is 12.1 Å². The summed E-state index contributed by atoms with van der Waals surface area (Å²) >= 11 is 0. The maximum atomic E-state index is 14.2. The maximum absolute atomic E-state index is 14.2. The van der Waals surface area contributed by atoms with E-state index in [1.807, 2.05) is 4.72 Å². The highest BCUT2D eigenvalue weighted by Gasteiger charge is 2.37. The normalized spacial score (nSPS) is 12.6. The molecule has 12 heteroatoms. The molecule has 0 fully saturated rings. The molecule has 0 saturated heterocycles. The molecule has 0 aliphatic carbocycles. The summed E-state index contributed by atoms with van der Waals surface area (Å²) < 4.78 is 85.0. The van der Waals surface area contributed by atoms with Crippen molar-refractivity contribution in [2.45, 2.75) is 11.1 Å².